The van der Waals surface area contributed by atoms with Gasteiger partial charge in [-0.3, -0.25) is 0 Å². The Labute approximate surface area is 55.8 Å². The van der Waals surface area contributed by atoms with Gasteiger partial charge in [-0.1, -0.05) is 0 Å². The van der Waals surface area contributed by atoms with Crippen LogP contribution >= 0.6 is 0 Å². The van der Waals surface area contributed by atoms with Crippen molar-refractivity contribution >= 4 is 21.1 Å². The monoisotopic (exact) mass is 173 g/mol. The van der Waals surface area contributed by atoms with Crippen molar-refractivity contribution in [3.05, 3.63) is 0 Å². The van der Waals surface area contributed by atoms with Crippen molar-refractivity contribution in [1.29, 1.82) is 0 Å². The summed E-state index contributed by atoms with van der Waals surface area (Å²) in [7, 11) is -2.34. The lowest BCUT2D eigenvalue weighted by atomic mass is 11.6. The van der Waals surface area contributed by atoms with Crippen molar-refractivity contribution in [3.63, 3.8) is 0 Å². The van der Waals surface area contributed by atoms with Gasteiger partial charge >= 0.3 is 0 Å². The first-order valence-corrected chi connectivity index (χ1v) is 4.89. The Kier molecular flexibility index (Phi) is 3.26. The Morgan fingerprint density at radius 2 is 2.11 bits per heavy atom. The summed E-state index contributed by atoms with van der Waals surface area (Å²) in [5.41, 5.74) is 0. The third-order valence-corrected chi connectivity index (χ3v) is 3.24. The van der Waals surface area contributed by atoms with Gasteiger partial charge in [-0.15, -0.1) is 0 Å². The number of hydrogen-bond donors (Lipinski definition) is 2. The fourth-order valence-corrected chi connectivity index (χ4v) is 1.72. The second-order valence-corrected chi connectivity index (χ2v) is 4.48. The highest BCUT2D eigenvalue weighted by Crippen LogP contribution is 1.83. The average molecular weight is 173 g/mol. The summed E-state index contributed by atoms with van der Waals surface area (Å²) >= 11 is -2.29. The van der Waals surface area contributed by atoms with Gasteiger partial charge in [0.25, 0.3) is 0 Å². The quantitative estimate of drug-likeness (QED) is 0.520. The molecule has 5 nitrogen and oxygen atoms in total. The summed E-state index contributed by atoms with van der Waals surface area (Å²) in [5.74, 6) is 0. The van der Waals surface area contributed by atoms with Gasteiger partial charge in [0.1, 0.15) is 0 Å². The Balaban J connectivity index is 4.06. The predicted molar refractivity (Wildman–Crippen MR) is 33.6 cm³/mol. The largest absolute Gasteiger partial charge is 0.305 e. The zero-order chi connectivity index (χ0) is 7.49. The van der Waals surface area contributed by atoms with E-state index in [9.17, 15) is 12.6 Å². The summed E-state index contributed by atoms with van der Waals surface area (Å²) < 4.78 is 40.5. The minimum absolute atomic E-state index is 0.760. The van der Waals surface area contributed by atoms with Gasteiger partial charge in [-0.2, -0.15) is 0 Å². The number of sulfonamides is 1. The van der Waals surface area contributed by atoms with Gasteiger partial charge in [-0.25, -0.2) is 17.3 Å². The highest BCUT2D eigenvalue weighted by atomic mass is 32.3. The van der Waals surface area contributed by atoms with Crippen LogP contribution in [0.25, 0.3) is 0 Å². The lowest BCUT2D eigenvalue weighted by Gasteiger charge is -1.95. The molecule has 9 heavy (non-hydrogen) atoms. The van der Waals surface area contributed by atoms with Gasteiger partial charge in [0.2, 0.25) is 10.0 Å². The second kappa shape index (κ2) is 3.25. The molecule has 0 fully saturated rings. The van der Waals surface area contributed by atoms with Crippen LogP contribution in [-0.2, 0) is 21.1 Å². The van der Waals surface area contributed by atoms with E-state index in [1.807, 2.05) is 4.72 Å². The van der Waals surface area contributed by atoms with E-state index in [1.165, 1.54) is 7.05 Å². The van der Waals surface area contributed by atoms with Crippen LogP contribution < -0.4 is 4.72 Å². The molecule has 0 saturated heterocycles. The zero-order valence-electron chi connectivity index (χ0n) is 4.70. The van der Waals surface area contributed by atoms with Gasteiger partial charge in [0, 0.05) is 0 Å². The molecule has 0 aliphatic carbocycles. The van der Waals surface area contributed by atoms with E-state index in [2.05, 4.69) is 0 Å². The lowest BCUT2D eigenvalue weighted by molar-refractivity contribution is 0.563. The summed E-state index contributed by atoms with van der Waals surface area (Å²) in [6.45, 7) is 0. The van der Waals surface area contributed by atoms with Crippen LogP contribution in [0.4, 0.5) is 0 Å². The Morgan fingerprint density at radius 1 is 1.67 bits per heavy atom. The third-order valence-electron chi connectivity index (χ3n) is 0.567. The number of hydrogen-bond acceptors (Lipinski definition) is 3. The van der Waals surface area contributed by atoms with Crippen molar-refractivity contribution in [3.8, 4) is 0 Å². The Hall–Kier alpha value is 0.0200. The molecular formula is C2H7NO4S2. The van der Waals surface area contributed by atoms with Crippen LogP contribution in [0.5, 0.6) is 0 Å². The van der Waals surface area contributed by atoms with Crippen molar-refractivity contribution in [2.75, 3.05) is 12.1 Å². The Bertz CT molecular complexity index is 195. The first-order valence-electron chi connectivity index (χ1n) is 1.96. The van der Waals surface area contributed by atoms with E-state index in [0.29, 0.717) is 0 Å². The first kappa shape index (κ1) is 9.02. The van der Waals surface area contributed by atoms with Crippen LogP contribution in [0, 0.1) is 0 Å². The minimum Gasteiger partial charge on any atom is -0.305 e. The van der Waals surface area contributed by atoms with Gasteiger partial charge in [0.05, 0.1) is 0 Å². The molecular weight excluding hydrogens is 166 g/mol. The normalized spacial score (nSPS) is 15.3. The van der Waals surface area contributed by atoms with Crippen molar-refractivity contribution in [2.24, 2.45) is 0 Å². The molecule has 0 rings (SSSR count). The van der Waals surface area contributed by atoms with Crippen molar-refractivity contribution < 1.29 is 17.2 Å². The van der Waals surface area contributed by atoms with Crippen molar-refractivity contribution in [2.45, 2.75) is 0 Å². The molecule has 2 N–H and O–H groups in total. The smallest absolute Gasteiger partial charge is 0.225 e. The number of nitrogens with one attached hydrogen (secondary N) is 1. The van der Waals surface area contributed by atoms with E-state index in [4.69, 9.17) is 4.55 Å². The minimum atomic E-state index is -3.52. The summed E-state index contributed by atoms with van der Waals surface area (Å²) in [6, 6.07) is 0. The fourth-order valence-electron chi connectivity index (χ4n) is 0.192. The summed E-state index contributed by atoms with van der Waals surface area (Å²) in [4.78, 5) is 0. The molecule has 56 valence electrons. The zero-order valence-corrected chi connectivity index (χ0v) is 6.33. The van der Waals surface area contributed by atoms with Crippen LogP contribution in [0.1, 0.15) is 0 Å². The molecule has 0 aliphatic heterocycles. The second-order valence-electron chi connectivity index (χ2n) is 1.26. The maximum absolute atomic E-state index is 10.3. The topological polar surface area (TPSA) is 83.5 Å². The SMILES string of the molecule is CNS(=O)(=O)CS(=O)O. The van der Waals surface area contributed by atoms with Crippen LogP contribution in [0.3, 0.4) is 0 Å². The number of rotatable bonds is 3. The van der Waals surface area contributed by atoms with Crippen molar-refractivity contribution in [1.82, 2.24) is 4.72 Å². The lowest BCUT2D eigenvalue weighted by Crippen LogP contribution is -2.24. The highest BCUT2D eigenvalue weighted by Gasteiger charge is 2.09. The molecule has 0 aromatic rings. The maximum atomic E-state index is 10.3. The molecule has 0 spiro atoms. The first-order chi connectivity index (χ1) is 3.98. The molecule has 7 heteroatoms. The molecule has 0 aromatic heterocycles. The molecule has 0 aromatic carbocycles. The predicted octanol–water partition coefficient (Wildman–Crippen LogP) is -1.29. The molecule has 0 amide bonds. The fraction of sp³-hybridized carbons (Fsp3) is 1.00. The van der Waals surface area contributed by atoms with E-state index < -0.39 is 26.2 Å². The van der Waals surface area contributed by atoms with Crippen LogP contribution in [0.15, 0.2) is 0 Å². The van der Waals surface area contributed by atoms with E-state index in [-0.39, 0.29) is 0 Å². The molecule has 1 atom stereocenters. The van der Waals surface area contributed by atoms with E-state index in [1.54, 1.807) is 0 Å². The van der Waals surface area contributed by atoms with Gasteiger partial charge in [0.15, 0.2) is 16.2 Å². The van der Waals surface area contributed by atoms with E-state index in [0.717, 1.165) is 0 Å². The molecule has 0 bridgehead atoms. The van der Waals surface area contributed by atoms with Gasteiger partial charge < -0.3 is 4.55 Å². The molecule has 0 aliphatic rings. The maximum Gasteiger partial charge on any atom is 0.225 e. The molecule has 1 unspecified atom stereocenters. The van der Waals surface area contributed by atoms with Crippen LogP contribution in [-0.4, -0.2) is 29.3 Å². The molecule has 0 radical (unpaired) electrons. The molecule has 0 saturated carbocycles. The summed E-state index contributed by atoms with van der Waals surface area (Å²) in [6.07, 6.45) is 0. The summed E-state index contributed by atoms with van der Waals surface area (Å²) in [5, 5.41) is -0.760. The van der Waals surface area contributed by atoms with E-state index >= 15 is 0 Å². The standard InChI is InChI=1S/C2H7NO4S2/c1-3-9(6,7)2-8(4)5/h3H,2H2,1H3,(H,4,5). The average Bonchev–Trinajstić information content (AvgIpc) is 1.63. The van der Waals surface area contributed by atoms with Crippen LogP contribution in [0.2, 0.25) is 0 Å². The highest BCUT2D eigenvalue weighted by molar-refractivity contribution is 8.02. The van der Waals surface area contributed by atoms with Gasteiger partial charge in [-0.05, 0) is 7.05 Å². The Morgan fingerprint density at radius 3 is 2.22 bits per heavy atom. The third kappa shape index (κ3) is 4.52. The molecule has 0 heterocycles.